The molecule has 2 aromatic carbocycles. The Bertz CT molecular complexity index is 1070. The number of ether oxygens (including phenoxy) is 1. The molecule has 34 heavy (non-hydrogen) atoms. The third-order valence-corrected chi connectivity index (χ3v) is 6.44. The molecule has 1 atom stereocenters. The maximum atomic E-state index is 12.6. The highest BCUT2D eigenvalue weighted by Gasteiger charge is 2.36. The van der Waals surface area contributed by atoms with E-state index in [1.165, 1.54) is 5.56 Å². The van der Waals surface area contributed by atoms with Gasteiger partial charge in [-0.05, 0) is 54.2 Å². The maximum absolute atomic E-state index is 12.6. The molecule has 2 fully saturated rings. The molecule has 5 nitrogen and oxygen atoms in total. The molecule has 1 saturated heterocycles. The van der Waals surface area contributed by atoms with Crippen LogP contribution in [0.25, 0.3) is 6.08 Å². The van der Waals surface area contributed by atoms with Gasteiger partial charge in [-0.1, -0.05) is 48.2 Å². The van der Waals surface area contributed by atoms with Crippen molar-refractivity contribution in [3.05, 3.63) is 76.9 Å². The van der Waals surface area contributed by atoms with Crippen molar-refractivity contribution in [3.63, 3.8) is 0 Å². The van der Waals surface area contributed by atoms with E-state index in [2.05, 4.69) is 28.9 Å². The number of morpholine rings is 1. The van der Waals surface area contributed by atoms with Crippen molar-refractivity contribution >= 4 is 17.6 Å². The summed E-state index contributed by atoms with van der Waals surface area (Å²) in [5.41, 5.74) is 3.80. The van der Waals surface area contributed by atoms with Crippen LogP contribution in [0.3, 0.4) is 0 Å². The van der Waals surface area contributed by atoms with Crippen molar-refractivity contribution in [1.82, 2.24) is 4.90 Å². The molecule has 1 aliphatic carbocycles. The molecule has 2 aromatic rings. The number of aliphatic hydroxyl groups excluding tert-OH is 1. The summed E-state index contributed by atoms with van der Waals surface area (Å²) < 4.78 is 5.39. The summed E-state index contributed by atoms with van der Waals surface area (Å²) >= 11 is 0. The van der Waals surface area contributed by atoms with E-state index in [0.717, 1.165) is 56.8 Å². The summed E-state index contributed by atoms with van der Waals surface area (Å²) in [5, 5.41) is 9.16. The predicted molar refractivity (Wildman–Crippen MR) is 132 cm³/mol. The van der Waals surface area contributed by atoms with Gasteiger partial charge in [-0.3, -0.25) is 14.5 Å². The topological polar surface area (TPSA) is 66.8 Å². The minimum absolute atomic E-state index is 0.0499. The fourth-order valence-electron chi connectivity index (χ4n) is 4.23. The lowest BCUT2D eigenvalue weighted by molar-refractivity contribution is -0.126. The Morgan fingerprint density at radius 1 is 1.06 bits per heavy atom. The summed E-state index contributed by atoms with van der Waals surface area (Å²) in [7, 11) is 0. The second-order valence-electron chi connectivity index (χ2n) is 9.01. The number of ketones is 2. The molecule has 1 aliphatic heterocycles. The molecule has 0 spiro atoms. The summed E-state index contributed by atoms with van der Waals surface area (Å²) in [4.78, 5) is 26.9. The Morgan fingerprint density at radius 3 is 2.41 bits per heavy atom. The highest BCUT2D eigenvalue weighted by Crippen LogP contribution is 2.39. The zero-order chi connectivity index (χ0) is 23.8. The van der Waals surface area contributed by atoms with E-state index in [4.69, 9.17) is 9.84 Å². The number of rotatable bonds is 9. The molecule has 176 valence electrons. The maximum Gasteiger partial charge on any atom is 0.163 e. The standard InChI is InChI=1S/C29H31NO4/c31-21-29(33)27(25-13-14-25)19-28(32)26-11-9-23(10-12-26)4-2-1-3-22-5-7-24(8-6-22)20-30-15-17-34-18-16-30/h2,4-12,25,27,31H,13-21H2/b4-2+/t27-/m0/s1. The van der Waals surface area contributed by atoms with Crippen LogP contribution in [0.4, 0.5) is 0 Å². The van der Waals surface area contributed by atoms with Crippen LogP contribution in [0, 0.1) is 23.7 Å². The van der Waals surface area contributed by atoms with Gasteiger partial charge in [0.25, 0.3) is 0 Å². The van der Waals surface area contributed by atoms with Crippen LogP contribution in [0.1, 0.15) is 46.3 Å². The van der Waals surface area contributed by atoms with Crippen LogP contribution >= 0.6 is 0 Å². The van der Waals surface area contributed by atoms with E-state index < -0.39 is 6.61 Å². The van der Waals surface area contributed by atoms with Gasteiger partial charge in [0.1, 0.15) is 6.61 Å². The number of hydrogen-bond donors (Lipinski definition) is 1. The second kappa shape index (κ2) is 11.9. The highest BCUT2D eigenvalue weighted by molar-refractivity contribution is 5.99. The summed E-state index contributed by atoms with van der Waals surface area (Å²) in [6, 6.07) is 15.7. The molecule has 1 N–H and O–H groups in total. The largest absolute Gasteiger partial charge is 0.389 e. The number of carbonyl (C=O) groups excluding carboxylic acids is 2. The SMILES string of the molecule is O=C(C[C@H](C(=O)CO)C1CC1)c1ccc(/C=C/C#Cc2ccc(CN3CCOCC3)cc2)cc1. The Balaban J connectivity index is 1.28. The first-order valence-corrected chi connectivity index (χ1v) is 12.0. The summed E-state index contributed by atoms with van der Waals surface area (Å²) in [6.07, 6.45) is 5.83. The zero-order valence-corrected chi connectivity index (χ0v) is 19.4. The van der Waals surface area contributed by atoms with Crippen LogP contribution in [-0.4, -0.2) is 54.5 Å². The van der Waals surface area contributed by atoms with Crippen LogP contribution in [0.2, 0.25) is 0 Å². The Labute approximate surface area is 201 Å². The van der Waals surface area contributed by atoms with Crippen molar-refractivity contribution < 1.29 is 19.4 Å². The lowest BCUT2D eigenvalue weighted by atomic mass is 9.90. The molecule has 0 unspecified atom stereocenters. The number of benzene rings is 2. The molecule has 0 amide bonds. The van der Waals surface area contributed by atoms with Gasteiger partial charge >= 0.3 is 0 Å². The van der Waals surface area contributed by atoms with Crippen molar-refractivity contribution in [2.24, 2.45) is 11.8 Å². The Kier molecular flexibility index (Phi) is 8.43. The average Bonchev–Trinajstić information content (AvgIpc) is 3.72. The molecule has 1 saturated carbocycles. The molecule has 5 heteroatoms. The molecule has 1 heterocycles. The van der Waals surface area contributed by atoms with Crippen LogP contribution in [0.15, 0.2) is 54.6 Å². The predicted octanol–water partition coefficient (Wildman–Crippen LogP) is 3.74. The van der Waals surface area contributed by atoms with E-state index in [-0.39, 0.29) is 29.8 Å². The van der Waals surface area contributed by atoms with Crippen molar-refractivity contribution in [3.8, 4) is 11.8 Å². The van der Waals surface area contributed by atoms with Gasteiger partial charge in [0.15, 0.2) is 11.6 Å². The average molecular weight is 458 g/mol. The number of aliphatic hydroxyl groups is 1. The molecular weight excluding hydrogens is 426 g/mol. The lowest BCUT2D eigenvalue weighted by Gasteiger charge is -2.26. The van der Waals surface area contributed by atoms with Gasteiger partial charge < -0.3 is 9.84 Å². The van der Waals surface area contributed by atoms with E-state index in [1.807, 2.05) is 36.4 Å². The second-order valence-corrected chi connectivity index (χ2v) is 9.01. The smallest absolute Gasteiger partial charge is 0.163 e. The third-order valence-electron chi connectivity index (χ3n) is 6.44. The minimum atomic E-state index is -0.488. The first-order valence-electron chi connectivity index (χ1n) is 12.0. The van der Waals surface area contributed by atoms with E-state index in [1.54, 1.807) is 12.1 Å². The molecular formula is C29H31NO4. The first-order chi connectivity index (χ1) is 16.6. The number of carbonyl (C=O) groups is 2. The van der Waals surface area contributed by atoms with Gasteiger partial charge in [0.05, 0.1) is 13.2 Å². The summed E-state index contributed by atoms with van der Waals surface area (Å²) in [5.74, 6) is 5.86. The fourth-order valence-corrected chi connectivity index (χ4v) is 4.23. The van der Waals surface area contributed by atoms with Crippen molar-refractivity contribution in [2.45, 2.75) is 25.8 Å². The molecule has 4 rings (SSSR count). The third kappa shape index (κ3) is 6.98. The van der Waals surface area contributed by atoms with Crippen LogP contribution < -0.4 is 0 Å². The Morgan fingerprint density at radius 2 is 1.76 bits per heavy atom. The number of Topliss-reactive ketones (excluding diaryl/α,β-unsaturated/α-hetero) is 2. The van der Waals surface area contributed by atoms with E-state index >= 15 is 0 Å². The minimum Gasteiger partial charge on any atom is -0.389 e. The number of allylic oxidation sites excluding steroid dienone is 1. The van der Waals surface area contributed by atoms with Crippen LogP contribution in [0.5, 0.6) is 0 Å². The van der Waals surface area contributed by atoms with Gasteiger partial charge in [-0.2, -0.15) is 0 Å². The zero-order valence-electron chi connectivity index (χ0n) is 19.4. The van der Waals surface area contributed by atoms with Gasteiger partial charge in [0, 0.05) is 43.1 Å². The van der Waals surface area contributed by atoms with Crippen molar-refractivity contribution in [1.29, 1.82) is 0 Å². The normalized spacial score (nSPS) is 17.2. The highest BCUT2D eigenvalue weighted by atomic mass is 16.5. The lowest BCUT2D eigenvalue weighted by Crippen LogP contribution is -2.35. The van der Waals surface area contributed by atoms with Crippen LogP contribution in [-0.2, 0) is 16.1 Å². The molecule has 2 aliphatic rings. The number of hydrogen-bond acceptors (Lipinski definition) is 5. The molecule has 0 radical (unpaired) electrons. The Hall–Kier alpha value is -3.04. The molecule has 0 aromatic heterocycles. The quantitative estimate of drug-likeness (QED) is 0.459. The summed E-state index contributed by atoms with van der Waals surface area (Å²) in [6.45, 7) is 4.02. The van der Waals surface area contributed by atoms with Gasteiger partial charge in [-0.25, -0.2) is 0 Å². The monoisotopic (exact) mass is 457 g/mol. The van der Waals surface area contributed by atoms with E-state index in [9.17, 15) is 9.59 Å². The molecule has 0 bridgehead atoms. The van der Waals surface area contributed by atoms with Gasteiger partial charge in [-0.15, -0.1) is 0 Å². The fraction of sp³-hybridized carbons (Fsp3) is 0.379. The van der Waals surface area contributed by atoms with Gasteiger partial charge in [0.2, 0.25) is 0 Å². The first kappa shape index (κ1) is 24.1. The van der Waals surface area contributed by atoms with E-state index in [0.29, 0.717) is 5.56 Å². The number of nitrogens with zero attached hydrogens (tertiary/aromatic N) is 1. The van der Waals surface area contributed by atoms with Crippen molar-refractivity contribution in [2.75, 3.05) is 32.9 Å².